The van der Waals surface area contributed by atoms with E-state index in [1.54, 1.807) is 0 Å². The van der Waals surface area contributed by atoms with Crippen molar-refractivity contribution in [2.75, 3.05) is 0 Å². The highest BCUT2D eigenvalue weighted by Gasteiger charge is 2.33. The van der Waals surface area contributed by atoms with Crippen molar-refractivity contribution in [3.05, 3.63) is 0 Å². The lowest BCUT2D eigenvalue weighted by Crippen LogP contribution is -2.49. The number of carboxylic acid groups (broad SMARTS) is 1. The van der Waals surface area contributed by atoms with Gasteiger partial charge < -0.3 is 10.4 Å². The number of nitrogens with one attached hydrogen (secondary N) is 1. The van der Waals surface area contributed by atoms with Crippen molar-refractivity contribution in [1.82, 2.24) is 5.32 Å². The van der Waals surface area contributed by atoms with Gasteiger partial charge in [-0.1, -0.05) is 32.1 Å². The van der Waals surface area contributed by atoms with Gasteiger partial charge in [-0.2, -0.15) is 0 Å². The molecule has 0 aromatic rings. The minimum atomic E-state index is -0.644. The minimum absolute atomic E-state index is 0.281. The van der Waals surface area contributed by atoms with Crippen molar-refractivity contribution in [1.29, 1.82) is 0 Å². The van der Waals surface area contributed by atoms with Crippen LogP contribution in [0.3, 0.4) is 0 Å². The molecule has 0 saturated heterocycles. The van der Waals surface area contributed by atoms with Crippen LogP contribution in [0, 0.1) is 5.92 Å². The van der Waals surface area contributed by atoms with Crippen LogP contribution in [0.25, 0.3) is 0 Å². The summed E-state index contributed by atoms with van der Waals surface area (Å²) >= 11 is 0. The topological polar surface area (TPSA) is 49.3 Å². The molecular weight excluding hydrogens is 202 g/mol. The molecule has 3 heteroatoms. The van der Waals surface area contributed by atoms with Crippen LogP contribution in [0.15, 0.2) is 0 Å². The standard InChI is InChI=1S/C13H23NO2/c15-13(16)12(10-6-5-7-10)14-11-8-3-1-2-4-9-11/h10-12,14H,1-9H2,(H,15,16). The number of hydrogen-bond donors (Lipinski definition) is 2. The molecule has 0 heterocycles. The number of rotatable bonds is 4. The summed E-state index contributed by atoms with van der Waals surface area (Å²) < 4.78 is 0. The third-order valence-corrected chi connectivity index (χ3v) is 4.16. The molecule has 2 aliphatic carbocycles. The Labute approximate surface area is 97.6 Å². The fourth-order valence-electron chi connectivity index (χ4n) is 2.88. The van der Waals surface area contributed by atoms with Gasteiger partial charge in [-0.3, -0.25) is 4.79 Å². The molecule has 2 saturated carbocycles. The highest BCUT2D eigenvalue weighted by atomic mass is 16.4. The molecule has 0 aromatic heterocycles. The third kappa shape index (κ3) is 2.97. The van der Waals surface area contributed by atoms with E-state index in [1.165, 1.54) is 32.1 Å². The first-order valence-electron chi connectivity index (χ1n) is 6.76. The fraction of sp³-hybridized carbons (Fsp3) is 0.923. The summed E-state index contributed by atoms with van der Waals surface area (Å²) in [4.78, 5) is 11.2. The van der Waals surface area contributed by atoms with E-state index in [-0.39, 0.29) is 6.04 Å². The Kier molecular flexibility index (Phi) is 4.22. The molecule has 0 aliphatic heterocycles. The number of carbonyl (C=O) groups is 1. The lowest BCUT2D eigenvalue weighted by Gasteiger charge is -2.34. The van der Waals surface area contributed by atoms with Crippen LogP contribution in [0.4, 0.5) is 0 Å². The maximum absolute atomic E-state index is 11.2. The molecule has 2 fully saturated rings. The first-order chi connectivity index (χ1) is 7.77. The zero-order chi connectivity index (χ0) is 11.4. The van der Waals surface area contributed by atoms with Crippen LogP contribution in [-0.2, 0) is 4.79 Å². The Balaban J connectivity index is 1.85. The smallest absolute Gasteiger partial charge is 0.320 e. The van der Waals surface area contributed by atoms with Crippen molar-refractivity contribution in [2.45, 2.75) is 69.9 Å². The molecule has 0 bridgehead atoms. The highest BCUT2D eigenvalue weighted by molar-refractivity contribution is 5.74. The highest BCUT2D eigenvalue weighted by Crippen LogP contribution is 2.30. The Hall–Kier alpha value is -0.570. The van der Waals surface area contributed by atoms with E-state index in [4.69, 9.17) is 0 Å². The van der Waals surface area contributed by atoms with Crippen LogP contribution in [-0.4, -0.2) is 23.2 Å². The van der Waals surface area contributed by atoms with Gasteiger partial charge >= 0.3 is 5.97 Å². The molecule has 0 aromatic carbocycles. The maximum Gasteiger partial charge on any atom is 0.320 e. The van der Waals surface area contributed by atoms with Crippen molar-refractivity contribution in [3.63, 3.8) is 0 Å². The molecule has 16 heavy (non-hydrogen) atoms. The van der Waals surface area contributed by atoms with Crippen LogP contribution in [0.1, 0.15) is 57.8 Å². The Morgan fingerprint density at radius 1 is 1.00 bits per heavy atom. The molecule has 92 valence electrons. The van der Waals surface area contributed by atoms with Crippen LogP contribution < -0.4 is 5.32 Å². The second-order valence-electron chi connectivity index (χ2n) is 5.36. The molecule has 1 atom stereocenters. The zero-order valence-electron chi connectivity index (χ0n) is 9.95. The predicted octanol–water partition coefficient (Wildman–Crippen LogP) is 2.55. The first-order valence-corrected chi connectivity index (χ1v) is 6.76. The van der Waals surface area contributed by atoms with Gasteiger partial charge in [0.05, 0.1) is 0 Å². The van der Waals surface area contributed by atoms with E-state index in [9.17, 15) is 9.90 Å². The summed E-state index contributed by atoms with van der Waals surface area (Å²) in [6.07, 6.45) is 10.9. The summed E-state index contributed by atoms with van der Waals surface area (Å²) in [5.41, 5.74) is 0. The second-order valence-corrected chi connectivity index (χ2v) is 5.36. The van der Waals surface area contributed by atoms with E-state index >= 15 is 0 Å². The zero-order valence-corrected chi connectivity index (χ0v) is 9.95. The molecule has 2 N–H and O–H groups in total. The van der Waals surface area contributed by atoms with Crippen LogP contribution >= 0.6 is 0 Å². The summed E-state index contributed by atoms with van der Waals surface area (Å²) in [5, 5.41) is 12.6. The molecule has 2 rings (SSSR count). The van der Waals surface area contributed by atoms with Gasteiger partial charge in [-0.15, -0.1) is 0 Å². The van der Waals surface area contributed by atoms with Gasteiger partial charge in [0.15, 0.2) is 0 Å². The van der Waals surface area contributed by atoms with E-state index in [1.807, 2.05) is 0 Å². The van der Waals surface area contributed by atoms with Gasteiger partial charge in [0.25, 0.3) is 0 Å². The van der Waals surface area contributed by atoms with E-state index < -0.39 is 5.97 Å². The molecule has 0 amide bonds. The molecule has 0 spiro atoms. The minimum Gasteiger partial charge on any atom is -0.480 e. The van der Waals surface area contributed by atoms with E-state index in [2.05, 4.69) is 5.32 Å². The number of hydrogen-bond acceptors (Lipinski definition) is 2. The van der Waals surface area contributed by atoms with Gasteiger partial charge in [-0.25, -0.2) is 0 Å². The average molecular weight is 225 g/mol. The molecule has 1 unspecified atom stereocenters. The molecule has 2 aliphatic rings. The summed E-state index contributed by atoms with van der Waals surface area (Å²) in [6.45, 7) is 0. The van der Waals surface area contributed by atoms with Gasteiger partial charge in [0.2, 0.25) is 0 Å². The summed E-state index contributed by atoms with van der Waals surface area (Å²) in [6, 6.07) is 0.168. The fourth-order valence-corrected chi connectivity index (χ4v) is 2.88. The van der Waals surface area contributed by atoms with E-state index in [0.717, 1.165) is 25.7 Å². The third-order valence-electron chi connectivity index (χ3n) is 4.16. The van der Waals surface area contributed by atoms with Gasteiger partial charge in [0.1, 0.15) is 6.04 Å². The lowest BCUT2D eigenvalue weighted by molar-refractivity contribution is -0.142. The van der Waals surface area contributed by atoms with Crippen molar-refractivity contribution in [2.24, 2.45) is 5.92 Å². The first kappa shape index (κ1) is 11.9. The van der Waals surface area contributed by atoms with Crippen molar-refractivity contribution < 1.29 is 9.90 Å². The molecular formula is C13H23NO2. The second kappa shape index (κ2) is 5.67. The largest absolute Gasteiger partial charge is 0.480 e. The lowest BCUT2D eigenvalue weighted by atomic mass is 9.79. The van der Waals surface area contributed by atoms with Gasteiger partial charge in [-0.05, 0) is 31.6 Å². The predicted molar refractivity (Wildman–Crippen MR) is 63.4 cm³/mol. The quantitative estimate of drug-likeness (QED) is 0.723. The number of aliphatic carboxylic acids is 1. The van der Waals surface area contributed by atoms with E-state index in [0.29, 0.717) is 12.0 Å². The Bertz CT molecular complexity index is 230. The molecule has 3 nitrogen and oxygen atoms in total. The van der Waals surface area contributed by atoms with Crippen LogP contribution in [0.2, 0.25) is 0 Å². The Morgan fingerprint density at radius 2 is 1.62 bits per heavy atom. The maximum atomic E-state index is 11.2. The normalized spacial score (nSPS) is 25.8. The Morgan fingerprint density at radius 3 is 2.06 bits per heavy atom. The summed E-state index contributed by atoms with van der Waals surface area (Å²) in [5.74, 6) is -0.255. The van der Waals surface area contributed by atoms with Gasteiger partial charge in [0, 0.05) is 6.04 Å². The number of carboxylic acids is 1. The average Bonchev–Trinajstić information content (AvgIpc) is 2.42. The molecule has 0 radical (unpaired) electrons. The monoisotopic (exact) mass is 225 g/mol. The summed E-state index contributed by atoms with van der Waals surface area (Å²) in [7, 11) is 0. The SMILES string of the molecule is O=C(O)C(NC1CCCCCC1)C1CCC1. The van der Waals surface area contributed by atoms with Crippen LogP contribution in [0.5, 0.6) is 0 Å². The van der Waals surface area contributed by atoms with Crippen molar-refractivity contribution >= 4 is 5.97 Å². The van der Waals surface area contributed by atoms with Crippen molar-refractivity contribution in [3.8, 4) is 0 Å².